The Morgan fingerprint density at radius 3 is 2.15 bits per heavy atom. The van der Waals surface area contributed by atoms with Gasteiger partial charge in [0.1, 0.15) is 5.76 Å². The summed E-state index contributed by atoms with van der Waals surface area (Å²) in [6.45, 7) is 7.71. The zero-order valence-electron chi connectivity index (χ0n) is 14.4. The second-order valence-corrected chi connectivity index (χ2v) is 6.04. The fourth-order valence-corrected chi connectivity index (χ4v) is 3.15. The standard InChI is InChI=1S/C24H19NO/c1-3-20-21-11-8-12-22(24(21)26-23(20)4-2)25-19-15-13-18(14-16-19)17-9-6-5-7-10-17/h3-16,25H,1-2H2. The third kappa shape index (κ3) is 2.82. The average molecular weight is 337 g/mol. The monoisotopic (exact) mass is 337 g/mol. The molecule has 0 aliphatic heterocycles. The van der Waals surface area contributed by atoms with Crippen molar-refractivity contribution >= 4 is 34.5 Å². The van der Waals surface area contributed by atoms with E-state index in [1.807, 2.05) is 36.4 Å². The molecule has 1 aromatic heterocycles. The summed E-state index contributed by atoms with van der Waals surface area (Å²) in [4.78, 5) is 0. The smallest absolute Gasteiger partial charge is 0.158 e. The maximum atomic E-state index is 5.98. The Balaban J connectivity index is 1.68. The Labute approximate surface area is 153 Å². The largest absolute Gasteiger partial charge is 0.454 e. The Morgan fingerprint density at radius 1 is 0.731 bits per heavy atom. The quantitative estimate of drug-likeness (QED) is 0.419. The minimum Gasteiger partial charge on any atom is -0.454 e. The van der Waals surface area contributed by atoms with Crippen LogP contribution in [-0.4, -0.2) is 0 Å². The van der Waals surface area contributed by atoms with Gasteiger partial charge in [-0.25, -0.2) is 0 Å². The molecule has 0 bridgehead atoms. The van der Waals surface area contributed by atoms with Crippen molar-refractivity contribution in [1.82, 2.24) is 0 Å². The van der Waals surface area contributed by atoms with Gasteiger partial charge in [0, 0.05) is 16.6 Å². The van der Waals surface area contributed by atoms with E-state index in [0.717, 1.165) is 33.7 Å². The molecule has 2 nitrogen and oxygen atoms in total. The summed E-state index contributed by atoms with van der Waals surface area (Å²) in [6.07, 6.45) is 3.52. The second-order valence-electron chi connectivity index (χ2n) is 6.04. The summed E-state index contributed by atoms with van der Waals surface area (Å²) in [5.41, 5.74) is 6.11. The number of benzene rings is 3. The van der Waals surface area contributed by atoms with Gasteiger partial charge in [-0.05, 0) is 35.4 Å². The van der Waals surface area contributed by atoms with Gasteiger partial charge in [0.05, 0.1) is 5.69 Å². The molecule has 0 spiro atoms. The summed E-state index contributed by atoms with van der Waals surface area (Å²) in [5, 5.41) is 4.48. The van der Waals surface area contributed by atoms with Crippen molar-refractivity contribution in [3.63, 3.8) is 0 Å². The number of hydrogen-bond acceptors (Lipinski definition) is 2. The normalized spacial score (nSPS) is 10.6. The third-order valence-electron chi connectivity index (χ3n) is 4.44. The van der Waals surface area contributed by atoms with E-state index >= 15 is 0 Å². The molecule has 4 rings (SSSR count). The van der Waals surface area contributed by atoms with E-state index in [1.165, 1.54) is 11.1 Å². The average Bonchev–Trinajstić information content (AvgIpc) is 3.08. The molecule has 0 aliphatic rings. The highest BCUT2D eigenvalue weighted by molar-refractivity contribution is 5.98. The number of furan rings is 1. The Kier molecular flexibility index (Phi) is 4.16. The predicted octanol–water partition coefficient (Wildman–Crippen LogP) is 7.13. The van der Waals surface area contributed by atoms with E-state index in [2.05, 4.69) is 54.9 Å². The topological polar surface area (TPSA) is 25.2 Å². The van der Waals surface area contributed by atoms with Gasteiger partial charge < -0.3 is 9.73 Å². The Hall–Kier alpha value is -3.52. The molecule has 0 unspecified atom stereocenters. The molecule has 0 saturated heterocycles. The molecule has 0 amide bonds. The molecule has 3 aromatic carbocycles. The van der Waals surface area contributed by atoms with Crippen LogP contribution in [0.4, 0.5) is 11.4 Å². The van der Waals surface area contributed by atoms with Crippen LogP contribution < -0.4 is 5.32 Å². The van der Waals surface area contributed by atoms with Gasteiger partial charge in [0.25, 0.3) is 0 Å². The maximum Gasteiger partial charge on any atom is 0.158 e. The SMILES string of the molecule is C=Cc1oc2c(Nc3ccc(-c4ccccc4)cc3)cccc2c1C=C. The number of rotatable bonds is 5. The van der Waals surface area contributed by atoms with Crippen LogP contribution in [0.1, 0.15) is 11.3 Å². The first-order valence-electron chi connectivity index (χ1n) is 8.53. The van der Waals surface area contributed by atoms with E-state index in [0.29, 0.717) is 0 Å². The molecule has 0 atom stereocenters. The zero-order chi connectivity index (χ0) is 17.9. The molecule has 0 radical (unpaired) electrons. The summed E-state index contributed by atoms with van der Waals surface area (Å²) < 4.78 is 5.98. The molecule has 0 saturated carbocycles. The van der Waals surface area contributed by atoms with Gasteiger partial charge in [0.15, 0.2) is 5.58 Å². The lowest BCUT2D eigenvalue weighted by molar-refractivity contribution is 0.604. The maximum absolute atomic E-state index is 5.98. The Morgan fingerprint density at radius 2 is 1.46 bits per heavy atom. The Bertz CT molecular complexity index is 1070. The number of para-hydroxylation sites is 1. The fourth-order valence-electron chi connectivity index (χ4n) is 3.15. The zero-order valence-corrected chi connectivity index (χ0v) is 14.4. The molecule has 126 valence electrons. The van der Waals surface area contributed by atoms with Crippen LogP contribution >= 0.6 is 0 Å². The summed E-state index contributed by atoms with van der Waals surface area (Å²) in [6, 6.07) is 24.8. The van der Waals surface area contributed by atoms with Crippen LogP contribution in [0.25, 0.3) is 34.2 Å². The molecule has 1 N–H and O–H groups in total. The van der Waals surface area contributed by atoms with E-state index in [9.17, 15) is 0 Å². The van der Waals surface area contributed by atoms with Crippen molar-refractivity contribution < 1.29 is 4.42 Å². The van der Waals surface area contributed by atoms with Crippen LogP contribution in [0.3, 0.4) is 0 Å². The number of anilines is 2. The molecule has 2 heteroatoms. The summed E-state index contributed by atoms with van der Waals surface area (Å²) in [7, 11) is 0. The second kappa shape index (κ2) is 6.77. The van der Waals surface area contributed by atoms with Gasteiger partial charge in [0.2, 0.25) is 0 Å². The molecule has 1 heterocycles. The van der Waals surface area contributed by atoms with Crippen molar-refractivity contribution in [2.75, 3.05) is 5.32 Å². The van der Waals surface area contributed by atoms with E-state index < -0.39 is 0 Å². The lowest BCUT2D eigenvalue weighted by Crippen LogP contribution is -1.90. The van der Waals surface area contributed by atoms with Crippen molar-refractivity contribution in [2.45, 2.75) is 0 Å². The van der Waals surface area contributed by atoms with E-state index in [1.54, 1.807) is 12.2 Å². The van der Waals surface area contributed by atoms with Crippen molar-refractivity contribution in [2.24, 2.45) is 0 Å². The number of nitrogens with one attached hydrogen (secondary N) is 1. The summed E-state index contributed by atoms with van der Waals surface area (Å²) in [5.74, 6) is 0.740. The highest BCUT2D eigenvalue weighted by Crippen LogP contribution is 2.34. The highest BCUT2D eigenvalue weighted by atomic mass is 16.3. The molecule has 26 heavy (non-hydrogen) atoms. The first-order chi connectivity index (χ1) is 12.8. The van der Waals surface area contributed by atoms with Crippen molar-refractivity contribution in [3.8, 4) is 11.1 Å². The van der Waals surface area contributed by atoms with Gasteiger partial charge in [-0.1, -0.05) is 73.8 Å². The van der Waals surface area contributed by atoms with Gasteiger partial charge in [-0.3, -0.25) is 0 Å². The molecular formula is C24H19NO. The van der Waals surface area contributed by atoms with E-state index in [-0.39, 0.29) is 0 Å². The van der Waals surface area contributed by atoms with Gasteiger partial charge in [-0.15, -0.1) is 0 Å². The highest BCUT2D eigenvalue weighted by Gasteiger charge is 2.12. The summed E-state index contributed by atoms with van der Waals surface area (Å²) >= 11 is 0. The lowest BCUT2D eigenvalue weighted by atomic mass is 10.1. The minimum atomic E-state index is 0.740. The van der Waals surface area contributed by atoms with Crippen molar-refractivity contribution in [3.05, 3.63) is 97.3 Å². The fraction of sp³-hybridized carbons (Fsp3) is 0. The lowest BCUT2D eigenvalue weighted by Gasteiger charge is -2.08. The first-order valence-corrected chi connectivity index (χ1v) is 8.53. The third-order valence-corrected chi connectivity index (χ3v) is 4.44. The van der Waals surface area contributed by atoms with Gasteiger partial charge >= 0.3 is 0 Å². The molecule has 4 aromatic rings. The first kappa shape index (κ1) is 16.0. The van der Waals surface area contributed by atoms with Gasteiger partial charge in [-0.2, -0.15) is 0 Å². The minimum absolute atomic E-state index is 0.740. The predicted molar refractivity (Wildman–Crippen MR) is 112 cm³/mol. The van der Waals surface area contributed by atoms with Crippen molar-refractivity contribution in [1.29, 1.82) is 0 Å². The van der Waals surface area contributed by atoms with Crippen LogP contribution in [-0.2, 0) is 0 Å². The molecular weight excluding hydrogens is 318 g/mol. The molecule has 0 aliphatic carbocycles. The van der Waals surface area contributed by atoms with E-state index in [4.69, 9.17) is 4.42 Å². The van der Waals surface area contributed by atoms with Crippen LogP contribution in [0.2, 0.25) is 0 Å². The molecule has 0 fully saturated rings. The number of fused-ring (bicyclic) bond motifs is 1. The van der Waals surface area contributed by atoms with Crippen LogP contribution in [0.15, 0.2) is 90.4 Å². The number of hydrogen-bond donors (Lipinski definition) is 1. The van der Waals surface area contributed by atoms with Crippen LogP contribution in [0.5, 0.6) is 0 Å². The van der Waals surface area contributed by atoms with Crippen LogP contribution in [0, 0.1) is 0 Å².